The molecule has 0 aliphatic carbocycles. The topological polar surface area (TPSA) is 105 Å². The molecule has 140 valence electrons. The third kappa shape index (κ3) is 4.73. The molecule has 2 rings (SSSR count). The normalized spacial score (nSPS) is 16.4. The highest BCUT2D eigenvalue weighted by atomic mass is 35.5. The van der Waals surface area contributed by atoms with E-state index in [1.807, 2.05) is 0 Å². The molecular weight excluding hydrogens is 386 g/mol. The SMILES string of the molecule is C=CCOC(=O)C1=C(C)NC(SCC(N)=O)=C(C#N)[C@@H]1c1ccccc1Cl. The summed E-state index contributed by atoms with van der Waals surface area (Å²) in [6.45, 7) is 5.28. The summed E-state index contributed by atoms with van der Waals surface area (Å²) in [6, 6.07) is 9.11. The second-order valence-electron chi connectivity index (χ2n) is 5.61. The molecule has 0 bridgehead atoms. The maximum atomic E-state index is 12.7. The number of hydrogen-bond donors (Lipinski definition) is 2. The Hall–Kier alpha value is -2.69. The van der Waals surface area contributed by atoms with Crippen molar-refractivity contribution in [1.29, 1.82) is 5.26 Å². The fourth-order valence-electron chi connectivity index (χ4n) is 2.67. The van der Waals surface area contributed by atoms with Gasteiger partial charge in [-0.25, -0.2) is 4.79 Å². The fourth-order valence-corrected chi connectivity index (χ4v) is 3.75. The molecule has 27 heavy (non-hydrogen) atoms. The number of esters is 1. The molecule has 0 spiro atoms. The molecule has 3 N–H and O–H groups in total. The van der Waals surface area contributed by atoms with E-state index in [-0.39, 0.29) is 23.5 Å². The van der Waals surface area contributed by atoms with Crippen molar-refractivity contribution in [3.05, 3.63) is 69.4 Å². The summed E-state index contributed by atoms with van der Waals surface area (Å²) in [5.74, 6) is -1.82. The van der Waals surface area contributed by atoms with Gasteiger partial charge in [0.15, 0.2) is 0 Å². The zero-order valence-corrected chi connectivity index (χ0v) is 16.2. The van der Waals surface area contributed by atoms with Gasteiger partial charge in [0.05, 0.1) is 33.9 Å². The van der Waals surface area contributed by atoms with Crippen molar-refractivity contribution in [2.45, 2.75) is 12.8 Å². The third-order valence-electron chi connectivity index (χ3n) is 3.77. The van der Waals surface area contributed by atoms with Crippen molar-refractivity contribution in [2.24, 2.45) is 5.73 Å². The number of nitriles is 1. The van der Waals surface area contributed by atoms with Gasteiger partial charge in [0.2, 0.25) is 5.91 Å². The summed E-state index contributed by atoms with van der Waals surface area (Å²) < 4.78 is 5.21. The van der Waals surface area contributed by atoms with E-state index in [4.69, 9.17) is 22.1 Å². The lowest BCUT2D eigenvalue weighted by molar-refractivity contribution is -0.138. The van der Waals surface area contributed by atoms with Gasteiger partial charge in [-0.3, -0.25) is 4.79 Å². The van der Waals surface area contributed by atoms with Gasteiger partial charge >= 0.3 is 5.97 Å². The number of nitrogens with two attached hydrogens (primary N) is 1. The van der Waals surface area contributed by atoms with Gasteiger partial charge in [0.1, 0.15) is 6.61 Å². The minimum absolute atomic E-state index is 0.00766. The molecule has 0 saturated heterocycles. The van der Waals surface area contributed by atoms with Crippen LogP contribution in [0.3, 0.4) is 0 Å². The summed E-state index contributed by atoms with van der Waals surface area (Å²) in [5.41, 5.74) is 6.88. The van der Waals surface area contributed by atoms with Crippen LogP contribution in [0.5, 0.6) is 0 Å². The highest BCUT2D eigenvalue weighted by Crippen LogP contribution is 2.43. The van der Waals surface area contributed by atoms with Crippen LogP contribution in [0.2, 0.25) is 5.02 Å². The highest BCUT2D eigenvalue weighted by molar-refractivity contribution is 8.03. The predicted molar refractivity (Wildman–Crippen MR) is 105 cm³/mol. The molecule has 1 heterocycles. The number of carbonyl (C=O) groups is 2. The Kier molecular flexibility index (Phi) is 7.11. The summed E-state index contributed by atoms with van der Waals surface area (Å²) in [5, 5.41) is 13.7. The number of halogens is 1. The van der Waals surface area contributed by atoms with Gasteiger partial charge < -0.3 is 15.8 Å². The summed E-state index contributed by atoms with van der Waals surface area (Å²) in [7, 11) is 0. The lowest BCUT2D eigenvalue weighted by atomic mass is 9.82. The number of primary amides is 1. The smallest absolute Gasteiger partial charge is 0.337 e. The summed E-state index contributed by atoms with van der Waals surface area (Å²) >= 11 is 7.46. The van der Waals surface area contributed by atoms with Crippen LogP contribution in [-0.4, -0.2) is 24.2 Å². The van der Waals surface area contributed by atoms with Crippen molar-refractivity contribution in [1.82, 2.24) is 5.32 Å². The highest BCUT2D eigenvalue weighted by Gasteiger charge is 2.36. The maximum Gasteiger partial charge on any atom is 0.337 e. The van der Waals surface area contributed by atoms with E-state index < -0.39 is 17.8 Å². The lowest BCUT2D eigenvalue weighted by Crippen LogP contribution is -2.29. The monoisotopic (exact) mass is 403 g/mol. The van der Waals surface area contributed by atoms with Crippen LogP contribution in [-0.2, 0) is 14.3 Å². The molecule has 0 aromatic heterocycles. The van der Waals surface area contributed by atoms with E-state index in [1.54, 1.807) is 31.2 Å². The first kappa shape index (κ1) is 20.6. The first-order valence-electron chi connectivity index (χ1n) is 7.96. The molecule has 0 radical (unpaired) electrons. The molecule has 0 saturated carbocycles. The third-order valence-corrected chi connectivity index (χ3v) is 5.16. The number of dihydropyridines is 1. The fraction of sp³-hybridized carbons (Fsp3) is 0.211. The number of nitrogens with one attached hydrogen (secondary N) is 1. The van der Waals surface area contributed by atoms with Crippen LogP contribution >= 0.6 is 23.4 Å². The molecule has 1 amide bonds. The van der Waals surface area contributed by atoms with Crippen LogP contribution in [0.15, 0.2) is 58.8 Å². The zero-order chi connectivity index (χ0) is 20.0. The number of amides is 1. The Labute approximate surface area is 166 Å². The van der Waals surface area contributed by atoms with E-state index in [1.165, 1.54) is 6.08 Å². The molecule has 1 aromatic rings. The van der Waals surface area contributed by atoms with Gasteiger partial charge in [0, 0.05) is 10.7 Å². The zero-order valence-electron chi connectivity index (χ0n) is 14.6. The molecule has 0 unspecified atom stereocenters. The molecule has 1 aliphatic heterocycles. The van der Waals surface area contributed by atoms with Gasteiger partial charge in [-0.1, -0.05) is 54.2 Å². The minimum Gasteiger partial charge on any atom is -0.458 e. The van der Waals surface area contributed by atoms with E-state index >= 15 is 0 Å². The predicted octanol–water partition coefficient (Wildman–Crippen LogP) is 2.98. The van der Waals surface area contributed by atoms with E-state index in [9.17, 15) is 14.9 Å². The molecule has 0 fully saturated rings. The first-order chi connectivity index (χ1) is 12.9. The van der Waals surface area contributed by atoms with E-state index in [0.717, 1.165) is 11.8 Å². The molecule has 8 heteroatoms. The van der Waals surface area contributed by atoms with Gasteiger partial charge in [0.25, 0.3) is 0 Å². The summed E-state index contributed by atoms with van der Waals surface area (Å²) in [6.07, 6.45) is 1.46. The molecule has 1 aliphatic rings. The lowest BCUT2D eigenvalue weighted by Gasteiger charge is -2.29. The van der Waals surface area contributed by atoms with Crippen LogP contribution in [0.25, 0.3) is 0 Å². The van der Waals surface area contributed by atoms with Crippen molar-refractivity contribution in [3.63, 3.8) is 0 Å². The Morgan fingerprint density at radius 2 is 2.19 bits per heavy atom. The number of carbonyl (C=O) groups excluding carboxylic acids is 2. The van der Waals surface area contributed by atoms with Crippen molar-refractivity contribution >= 4 is 35.2 Å². The first-order valence-corrected chi connectivity index (χ1v) is 9.32. The average Bonchev–Trinajstić information content (AvgIpc) is 2.64. The van der Waals surface area contributed by atoms with Crippen molar-refractivity contribution in [2.75, 3.05) is 12.4 Å². The minimum atomic E-state index is -0.724. The number of rotatable bonds is 7. The summed E-state index contributed by atoms with van der Waals surface area (Å²) in [4.78, 5) is 23.8. The number of allylic oxidation sites excluding steroid dienone is 2. The van der Waals surface area contributed by atoms with Crippen LogP contribution in [0, 0.1) is 11.3 Å². The van der Waals surface area contributed by atoms with Gasteiger partial charge in [-0.15, -0.1) is 0 Å². The molecule has 6 nitrogen and oxygen atoms in total. The second kappa shape index (κ2) is 9.31. The number of hydrogen-bond acceptors (Lipinski definition) is 6. The standard InChI is InChI=1S/C19H18ClN3O3S/c1-3-8-26-19(25)16-11(2)23-18(27-10-15(22)24)13(9-21)17(16)12-6-4-5-7-14(12)20/h3-7,17,23H,1,8,10H2,2H3,(H2,22,24)/t17-/m0/s1. The Morgan fingerprint density at radius 3 is 2.78 bits per heavy atom. The quantitative estimate of drug-likeness (QED) is 0.535. The second-order valence-corrected chi connectivity index (χ2v) is 7.01. The Morgan fingerprint density at radius 1 is 1.48 bits per heavy atom. The van der Waals surface area contributed by atoms with E-state index in [0.29, 0.717) is 21.3 Å². The van der Waals surface area contributed by atoms with Gasteiger partial charge in [-0.2, -0.15) is 5.26 Å². The maximum absolute atomic E-state index is 12.7. The molecule has 1 atom stereocenters. The van der Waals surface area contributed by atoms with Crippen LogP contribution in [0.1, 0.15) is 18.4 Å². The number of thioether (sulfide) groups is 1. The average molecular weight is 404 g/mol. The van der Waals surface area contributed by atoms with E-state index in [2.05, 4.69) is 18.0 Å². The van der Waals surface area contributed by atoms with Crippen molar-refractivity contribution in [3.8, 4) is 6.07 Å². The van der Waals surface area contributed by atoms with Crippen LogP contribution in [0.4, 0.5) is 0 Å². The molecular formula is C19H18ClN3O3S. The number of nitrogens with zero attached hydrogens (tertiary/aromatic N) is 1. The largest absolute Gasteiger partial charge is 0.458 e. The van der Waals surface area contributed by atoms with Gasteiger partial charge in [-0.05, 0) is 18.6 Å². The number of benzene rings is 1. The number of ether oxygens (including phenoxy) is 1. The Bertz CT molecular complexity index is 886. The molecule has 1 aromatic carbocycles. The Balaban J connectivity index is 2.60. The van der Waals surface area contributed by atoms with Crippen LogP contribution < -0.4 is 11.1 Å². The van der Waals surface area contributed by atoms with Crippen molar-refractivity contribution < 1.29 is 14.3 Å².